The lowest BCUT2D eigenvalue weighted by Crippen LogP contribution is -2.25. The predicted molar refractivity (Wildman–Crippen MR) is 124 cm³/mol. The van der Waals surface area contributed by atoms with Crippen molar-refractivity contribution in [1.82, 2.24) is 10.3 Å². The maximum atomic E-state index is 12.1. The highest BCUT2D eigenvalue weighted by Crippen LogP contribution is 2.05. The smallest absolute Gasteiger partial charge is 0.323 e. The number of amides is 1. The van der Waals surface area contributed by atoms with Crippen molar-refractivity contribution in [3.8, 4) is 0 Å². The summed E-state index contributed by atoms with van der Waals surface area (Å²) in [6, 6.07) is 3.42. The summed E-state index contributed by atoms with van der Waals surface area (Å²) in [5.41, 5.74) is 4.21. The lowest BCUT2D eigenvalue weighted by atomic mass is 10.2. The molecule has 172 valence electrons. The Morgan fingerprint density at radius 3 is 2.35 bits per heavy atom. The highest BCUT2D eigenvalue weighted by Gasteiger charge is 2.05. The highest BCUT2D eigenvalue weighted by molar-refractivity contribution is 6.02. The second-order valence-corrected chi connectivity index (χ2v) is 6.65. The average Bonchev–Trinajstić information content (AvgIpc) is 2.77. The zero-order valence-electron chi connectivity index (χ0n) is 18.8. The summed E-state index contributed by atoms with van der Waals surface area (Å²) < 4.78 is 21.1. The van der Waals surface area contributed by atoms with E-state index in [0.29, 0.717) is 64.1 Å². The number of pyridine rings is 1. The Morgan fingerprint density at radius 1 is 1.06 bits per heavy atom. The first-order chi connectivity index (χ1) is 15.1. The monoisotopic (exact) mass is 435 g/mol. The van der Waals surface area contributed by atoms with Crippen LogP contribution in [0.25, 0.3) is 0 Å². The molecule has 0 saturated heterocycles. The van der Waals surface area contributed by atoms with Gasteiger partial charge in [-0.05, 0) is 38.8 Å². The zero-order chi connectivity index (χ0) is 22.6. The van der Waals surface area contributed by atoms with Gasteiger partial charge in [-0.1, -0.05) is 0 Å². The molecule has 0 spiro atoms. The van der Waals surface area contributed by atoms with E-state index in [2.05, 4.69) is 25.8 Å². The third kappa shape index (κ3) is 15.0. The number of aromatic nitrogens is 1. The lowest BCUT2D eigenvalue weighted by molar-refractivity contribution is 0.0141. The number of nitrogens with zero attached hydrogens (tertiary/aromatic N) is 3. The number of aliphatic imine (C=N–C) groups is 1. The van der Waals surface area contributed by atoms with Crippen LogP contribution in [0.3, 0.4) is 0 Å². The quantitative estimate of drug-likeness (QED) is 0.116. The van der Waals surface area contributed by atoms with Crippen LogP contribution in [-0.2, 0) is 18.9 Å². The van der Waals surface area contributed by atoms with Crippen molar-refractivity contribution in [2.75, 3.05) is 58.2 Å². The predicted octanol–water partition coefficient (Wildman–Crippen LogP) is 1.04. The molecular weight excluding hydrogens is 401 g/mol. The number of carbonyl (C=O) groups is 1. The molecule has 1 heterocycles. The molecule has 0 aliphatic rings. The third-order valence-corrected chi connectivity index (χ3v) is 3.67. The summed E-state index contributed by atoms with van der Waals surface area (Å²) in [7, 11) is 1.57. The number of ether oxygens (including phenoxy) is 3. The van der Waals surface area contributed by atoms with Crippen LogP contribution in [0.5, 0.6) is 0 Å². The fourth-order valence-corrected chi connectivity index (χ4v) is 2.17. The molecule has 0 atom stereocenters. The average molecular weight is 435 g/mol. The molecule has 0 saturated carbocycles. The number of carbonyl (C=O) groups excluding carboxylic acids is 1. The molecule has 0 bridgehead atoms. The van der Waals surface area contributed by atoms with E-state index in [4.69, 9.17) is 18.9 Å². The van der Waals surface area contributed by atoms with Gasteiger partial charge in [-0.25, -0.2) is 4.98 Å². The minimum atomic E-state index is -0.164. The molecule has 11 heteroatoms. The molecular formula is C20H34BN5O5. The van der Waals surface area contributed by atoms with Crippen LogP contribution < -0.4 is 10.7 Å². The molecule has 2 N–H and O–H groups in total. The van der Waals surface area contributed by atoms with Crippen LogP contribution in [0.4, 0.5) is 5.82 Å². The first-order valence-corrected chi connectivity index (χ1v) is 10.4. The fraction of sp³-hybridized carbons (Fsp3) is 0.600. The van der Waals surface area contributed by atoms with Gasteiger partial charge < -0.3 is 24.2 Å². The minimum absolute atomic E-state index is 0.164. The molecule has 0 aliphatic carbocycles. The van der Waals surface area contributed by atoms with E-state index in [1.54, 1.807) is 20.2 Å². The Bertz CT molecular complexity index is 654. The maximum Gasteiger partial charge on any atom is 0.323 e. The molecule has 0 aromatic carbocycles. The van der Waals surface area contributed by atoms with Gasteiger partial charge in [0.25, 0.3) is 5.91 Å². The van der Waals surface area contributed by atoms with Crippen LogP contribution in [0.15, 0.2) is 28.4 Å². The number of nitrogens with one attached hydrogen (secondary N) is 2. The molecule has 1 amide bonds. The molecule has 0 unspecified atom stereocenters. The van der Waals surface area contributed by atoms with Gasteiger partial charge in [0.15, 0.2) is 6.40 Å². The highest BCUT2D eigenvalue weighted by atomic mass is 16.5. The van der Waals surface area contributed by atoms with Gasteiger partial charge in [-0.15, -0.1) is 0 Å². The fourth-order valence-electron chi connectivity index (χ4n) is 2.17. The summed E-state index contributed by atoms with van der Waals surface area (Å²) in [5.74, 6) is 0.427. The maximum absolute atomic E-state index is 12.1. The Morgan fingerprint density at radius 2 is 1.74 bits per heavy atom. The van der Waals surface area contributed by atoms with Crippen LogP contribution in [0.1, 0.15) is 37.0 Å². The topological polar surface area (TPSA) is 116 Å². The van der Waals surface area contributed by atoms with Gasteiger partial charge in [0.2, 0.25) is 0 Å². The van der Waals surface area contributed by atoms with E-state index in [9.17, 15) is 4.79 Å². The Kier molecular flexibility index (Phi) is 15.7. The Balaban J connectivity index is 1.93. The summed E-state index contributed by atoms with van der Waals surface area (Å²) in [4.78, 5) is 20.3. The van der Waals surface area contributed by atoms with Crippen LogP contribution in [0, 0.1) is 0 Å². The van der Waals surface area contributed by atoms with E-state index in [-0.39, 0.29) is 5.91 Å². The van der Waals surface area contributed by atoms with E-state index in [1.165, 1.54) is 12.6 Å². The number of hydrogen-bond acceptors (Lipinski definition) is 9. The van der Waals surface area contributed by atoms with Crippen LogP contribution in [0.2, 0.25) is 0 Å². The van der Waals surface area contributed by atoms with E-state index >= 15 is 0 Å². The number of anilines is 1. The lowest BCUT2D eigenvalue weighted by Gasteiger charge is -2.08. The van der Waals surface area contributed by atoms with Crippen molar-refractivity contribution in [2.24, 2.45) is 10.1 Å². The van der Waals surface area contributed by atoms with Gasteiger partial charge in [0, 0.05) is 38.2 Å². The number of hydrazone groups is 1. The molecule has 10 nitrogen and oxygen atoms in total. The Hall–Kier alpha value is -2.50. The SMILES string of the molecule is BOC=NCCCOCCOCCOCCCNC(=O)c1ccc(NN=C(C)C)nc1. The van der Waals surface area contributed by atoms with Crippen molar-refractivity contribution >= 4 is 31.9 Å². The number of hydrogen-bond donors (Lipinski definition) is 2. The summed E-state index contributed by atoms with van der Waals surface area (Å²) in [6.07, 6.45) is 4.52. The summed E-state index contributed by atoms with van der Waals surface area (Å²) in [6.45, 7) is 8.30. The molecule has 0 aliphatic heterocycles. The summed E-state index contributed by atoms with van der Waals surface area (Å²) in [5, 5.41) is 6.91. The van der Waals surface area contributed by atoms with Gasteiger partial charge in [0.05, 0.1) is 32.0 Å². The molecule has 0 fully saturated rings. The largest absolute Gasteiger partial charge is 0.560 e. The van der Waals surface area contributed by atoms with Crippen molar-refractivity contribution < 1.29 is 23.7 Å². The van der Waals surface area contributed by atoms with Gasteiger partial charge in [-0.2, -0.15) is 5.10 Å². The zero-order valence-corrected chi connectivity index (χ0v) is 18.8. The molecule has 1 aromatic heterocycles. The van der Waals surface area contributed by atoms with E-state index in [0.717, 1.165) is 18.6 Å². The van der Waals surface area contributed by atoms with Crippen molar-refractivity contribution in [1.29, 1.82) is 0 Å². The van der Waals surface area contributed by atoms with Gasteiger partial charge in [0.1, 0.15) is 5.82 Å². The van der Waals surface area contributed by atoms with Gasteiger partial charge in [-0.3, -0.25) is 15.2 Å². The standard InChI is InChI=1S/C20H34BN5O5/c1-17(2)25-26-19-6-5-18(15-24-19)20(27)23-8-4-10-29-12-14-30-13-11-28-9-3-7-22-16-31-21/h5-6,15-16H,3-4,7-14,21H2,1-2H3,(H,23,27)(H,24,26). The number of rotatable bonds is 18. The molecule has 1 rings (SSSR count). The second kappa shape index (κ2) is 18.3. The molecule has 1 aromatic rings. The second-order valence-electron chi connectivity index (χ2n) is 6.65. The third-order valence-electron chi connectivity index (χ3n) is 3.67. The van der Waals surface area contributed by atoms with Crippen molar-refractivity contribution in [3.63, 3.8) is 0 Å². The first-order valence-electron chi connectivity index (χ1n) is 10.4. The van der Waals surface area contributed by atoms with E-state index < -0.39 is 0 Å². The first kappa shape index (κ1) is 26.5. The minimum Gasteiger partial charge on any atom is -0.560 e. The van der Waals surface area contributed by atoms with Crippen LogP contribution in [-0.4, -0.2) is 83.8 Å². The van der Waals surface area contributed by atoms with E-state index in [1.807, 2.05) is 13.8 Å². The molecule has 0 radical (unpaired) electrons. The Labute approximate surface area is 185 Å². The normalized spacial score (nSPS) is 10.8. The van der Waals surface area contributed by atoms with Crippen molar-refractivity contribution in [3.05, 3.63) is 23.9 Å². The summed E-state index contributed by atoms with van der Waals surface area (Å²) >= 11 is 0. The van der Waals surface area contributed by atoms with Crippen molar-refractivity contribution in [2.45, 2.75) is 26.7 Å². The van der Waals surface area contributed by atoms with Crippen LogP contribution >= 0.6 is 0 Å². The molecule has 31 heavy (non-hydrogen) atoms. The van der Waals surface area contributed by atoms with Gasteiger partial charge >= 0.3 is 8.05 Å².